The first-order chi connectivity index (χ1) is 9.81. The Labute approximate surface area is 116 Å². The molecule has 0 aliphatic carbocycles. The zero-order chi connectivity index (χ0) is 13.8. The van der Waals surface area contributed by atoms with Gasteiger partial charge in [0, 0.05) is 11.6 Å². The number of nitrogens with two attached hydrogens (primary N) is 1. The van der Waals surface area contributed by atoms with E-state index in [2.05, 4.69) is 9.97 Å². The molecule has 0 atom stereocenters. The van der Waals surface area contributed by atoms with E-state index in [1.807, 2.05) is 60.7 Å². The Morgan fingerprint density at radius 2 is 1.45 bits per heavy atom. The van der Waals surface area contributed by atoms with Crippen LogP contribution in [0.1, 0.15) is 0 Å². The fraction of sp³-hybridized carbons (Fsp3) is 0. The van der Waals surface area contributed by atoms with Gasteiger partial charge in [-0.25, -0.2) is 0 Å². The maximum Gasteiger partial charge on any atom is 0.324 e. The van der Waals surface area contributed by atoms with Gasteiger partial charge < -0.3 is 10.5 Å². The second kappa shape index (κ2) is 5.40. The Morgan fingerprint density at radius 1 is 0.800 bits per heavy atom. The number of hydrogen-bond acceptors (Lipinski definition) is 4. The van der Waals surface area contributed by atoms with Gasteiger partial charge in [0.15, 0.2) is 0 Å². The van der Waals surface area contributed by atoms with Gasteiger partial charge in [-0.2, -0.15) is 9.97 Å². The highest BCUT2D eigenvalue weighted by Crippen LogP contribution is 2.23. The number of hydrogen-bond donors (Lipinski definition) is 1. The second-order valence-corrected chi connectivity index (χ2v) is 4.24. The largest absolute Gasteiger partial charge is 0.424 e. The average molecular weight is 263 g/mol. The average Bonchev–Trinajstić information content (AvgIpc) is 2.49. The van der Waals surface area contributed by atoms with E-state index in [-0.39, 0.29) is 6.01 Å². The topological polar surface area (TPSA) is 61.0 Å². The first kappa shape index (κ1) is 12.2. The number of aromatic nitrogens is 2. The van der Waals surface area contributed by atoms with Crippen molar-refractivity contribution in [3.05, 3.63) is 66.7 Å². The fourth-order valence-electron chi connectivity index (χ4n) is 1.84. The van der Waals surface area contributed by atoms with Crippen molar-refractivity contribution in [3.8, 4) is 23.0 Å². The molecule has 98 valence electrons. The van der Waals surface area contributed by atoms with Gasteiger partial charge in [0.25, 0.3) is 0 Å². The number of nitrogen functional groups attached to an aromatic ring is 1. The third-order valence-electron chi connectivity index (χ3n) is 2.75. The Bertz CT molecular complexity index is 699. The van der Waals surface area contributed by atoms with Gasteiger partial charge in [-0.05, 0) is 12.1 Å². The van der Waals surface area contributed by atoms with Crippen molar-refractivity contribution >= 4 is 5.82 Å². The van der Waals surface area contributed by atoms with Crippen molar-refractivity contribution in [2.45, 2.75) is 0 Å². The van der Waals surface area contributed by atoms with Crippen molar-refractivity contribution in [2.24, 2.45) is 0 Å². The molecule has 0 saturated carbocycles. The first-order valence-corrected chi connectivity index (χ1v) is 6.24. The molecule has 0 spiro atoms. The van der Waals surface area contributed by atoms with Crippen molar-refractivity contribution in [1.29, 1.82) is 0 Å². The minimum atomic E-state index is 0.245. The smallest absolute Gasteiger partial charge is 0.324 e. The molecule has 0 amide bonds. The summed E-state index contributed by atoms with van der Waals surface area (Å²) in [5.41, 5.74) is 7.53. The van der Waals surface area contributed by atoms with Crippen LogP contribution in [-0.2, 0) is 0 Å². The third kappa shape index (κ3) is 2.75. The molecule has 1 aromatic heterocycles. The normalized spacial score (nSPS) is 10.2. The molecule has 0 bridgehead atoms. The Balaban J connectivity index is 1.95. The lowest BCUT2D eigenvalue weighted by Gasteiger charge is -2.07. The number of para-hydroxylation sites is 1. The lowest BCUT2D eigenvalue weighted by molar-refractivity contribution is 0.443. The molecule has 4 nitrogen and oxygen atoms in total. The highest BCUT2D eigenvalue weighted by atomic mass is 16.5. The molecule has 3 aromatic rings. The number of anilines is 1. The zero-order valence-corrected chi connectivity index (χ0v) is 10.7. The summed E-state index contributed by atoms with van der Waals surface area (Å²) in [7, 11) is 0. The van der Waals surface area contributed by atoms with E-state index in [0.29, 0.717) is 11.6 Å². The van der Waals surface area contributed by atoms with Crippen LogP contribution >= 0.6 is 0 Å². The Hall–Kier alpha value is -2.88. The Kier molecular flexibility index (Phi) is 3.29. The first-order valence-electron chi connectivity index (χ1n) is 6.24. The van der Waals surface area contributed by atoms with E-state index in [1.165, 1.54) is 0 Å². The lowest BCUT2D eigenvalue weighted by Crippen LogP contribution is -1.98. The van der Waals surface area contributed by atoms with E-state index in [4.69, 9.17) is 10.5 Å². The quantitative estimate of drug-likeness (QED) is 0.785. The van der Waals surface area contributed by atoms with Crippen LogP contribution in [0.3, 0.4) is 0 Å². The van der Waals surface area contributed by atoms with Crippen molar-refractivity contribution in [1.82, 2.24) is 9.97 Å². The molecule has 3 rings (SSSR count). The van der Waals surface area contributed by atoms with Crippen LogP contribution in [-0.4, -0.2) is 9.97 Å². The minimum absolute atomic E-state index is 0.245. The standard InChI is InChI=1S/C16H13N3O/c17-15-11-14(12-7-3-1-4-8-12)18-16(19-15)20-13-9-5-2-6-10-13/h1-11H,(H2,17,18,19). The van der Waals surface area contributed by atoms with Crippen LogP contribution in [0, 0.1) is 0 Å². The molecule has 2 aromatic carbocycles. The number of nitrogens with zero attached hydrogens (tertiary/aromatic N) is 2. The van der Waals surface area contributed by atoms with Gasteiger partial charge in [-0.1, -0.05) is 48.5 Å². The van der Waals surface area contributed by atoms with E-state index < -0.39 is 0 Å². The molecule has 20 heavy (non-hydrogen) atoms. The molecule has 2 N–H and O–H groups in total. The van der Waals surface area contributed by atoms with Crippen LogP contribution in [0.25, 0.3) is 11.3 Å². The van der Waals surface area contributed by atoms with Gasteiger partial charge in [0.05, 0.1) is 5.69 Å². The van der Waals surface area contributed by atoms with E-state index >= 15 is 0 Å². The maximum atomic E-state index is 5.82. The molecule has 0 aliphatic heterocycles. The summed E-state index contributed by atoms with van der Waals surface area (Å²) in [6.45, 7) is 0. The van der Waals surface area contributed by atoms with Gasteiger partial charge in [0.2, 0.25) is 0 Å². The van der Waals surface area contributed by atoms with Crippen LogP contribution in [0.2, 0.25) is 0 Å². The summed E-state index contributed by atoms with van der Waals surface area (Å²) in [5.74, 6) is 1.06. The zero-order valence-electron chi connectivity index (χ0n) is 10.7. The van der Waals surface area contributed by atoms with Crippen LogP contribution in [0.4, 0.5) is 5.82 Å². The SMILES string of the molecule is Nc1cc(-c2ccccc2)nc(Oc2ccccc2)n1. The monoisotopic (exact) mass is 263 g/mol. The number of ether oxygens (including phenoxy) is 1. The van der Waals surface area contributed by atoms with Crippen molar-refractivity contribution in [2.75, 3.05) is 5.73 Å². The summed E-state index contributed by atoms with van der Waals surface area (Å²) in [4.78, 5) is 8.48. The predicted molar refractivity (Wildman–Crippen MR) is 78.4 cm³/mol. The van der Waals surface area contributed by atoms with Crippen molar-refractivity contribution in [3.63, 3.8) is 0 Å². The minimum Gasteiger partial charge on any atom is -0.424 e. The van der Waals surface area contributed by atoms with E-state index in [1.54, 1.807) is 6.07 Å². The summed E-state index contributed by atoms with van der Waals surface area (Å²) in [5, 5.41) is 0. The molecule has 0 saturated heterocycles. The fourth-order valence-corrected chi connectivity index (χ4v) is 1.84. The van der Waals surface area contributed by atoms with Gasteiger partial charge in [0.1, 0.15) is 11.6 Å². The summed E-state index contributed by atoms with van der Waals surface area (Å²) in [6.07, 6.45) is 0. The van der Waals surface area contributed by atoms with Crippen LogP contribution < -0.4 is 10.5 Å². The van der Waals surface area contributed by atoms with Crippen LogP contribution in [0.5, 0.6) is 11.8 Å². The van der Waals surface area contributed by atoms with Crippen LogP contribution in [0.15, 0.2) is 66.7 Å². The Morgan fingerprint density at radius 3 is 2.15 bits per heavy atom. The second-order valence-electron chi connectivity index (χ2n) is 4.24. The third-order valence-corrected chi connectivity index (χ3v) is 2.75. The number of benzene rings is 2. The molecule has 4 heteroatoms. The summed E-state index contributed by atoms with van der Waals surface area (Å²) in [6, 6.07) is 21.1. The van der Waals surface area contributed by atoms with Gasteiger partial charge in [-0.3, -0.25) is 0 Å². The van der Waals surface area contributed by atoms with E-state index in [9.17, 15) is 0 Å². The van der Waals surface area contributed by atoms with Gasteiger partial charge >= 0.3 is 6.01 Å². The van der Waals surface area contributed by atoms with Gasteiger partial charge in [-0.15, -0.1) is 0 Å². The summed E-state index contributed by atoms with van der Waals surface area (Å²) < 4.78 is 5.62. The predicted octanol–water partition coefficient (Wildman–Crippen LogP) is 3.52. The summed E-state index contributed by atoms with van der Waals surface area (Å²) >= 11 is 0. The molecule has 1 heterocycles. The maximum absolute atomic E-state index is 5.82. The molecule has 0 fully saturated rings. The molecular formula is C16H13N3O. The molecule has 0 unspecified atom stereocenters. The van der Waals surface area contributed by atoms with Crippen molar-refractivity contribution < 1.29 is 4.74 Å². The molecular weight excluding hydrogens is 250 g/mol. The molecule has 0 radical (unpaired) electrons. The lowest BCUT2D eigenvalue weighted by atomic mass is 10.1. The molecule has 0 aliphatic rings. The highest BCUT2D eigenvalue weighted by molar-refractivity contribution is 5.62. The highest BCUT2D eigenvalue weighted by Gasteiger charge is 2.06. The van der Waals surface area contributed by atoms with E-state index in [0.717, 1.165) is 11.3 Å². The number of rotatable bonds is 3.